The predicted octanol–water partition coefficient (Wildman–Crippen LogP) is 11.7. The van der Waals surface area contributed by atoms with E-state index in [0.29, 0.717) is 12.8 Å². The standard InChI is InChI=1S/C54H95NO8/c1-3-5-7-9-11-13-15-17-18-19-20-21-22-23-24-25-26-27-28-29-30-32-34-36-38-40-42-44-50(58)55-47(46-62-54-53(61)52(60)51(59)49(45-56)63-54)48(57)43-41-39-37-35-33-31-16-14-12-10-8-6-4-2/h5,7,11,13,17-18,20-21,23-24,26-27,47-49,51-54,56-57,59-61H,3-4,6,8-10,12,14-16,19,22,25,28-46H2,1-2H3,(H,55,58)/b7-5-,13-11-,18-17-,21-20-,24-23-,27-26-. The van der Waals surface area contributed by atoms with Gasteiger partial charge in [-0.05, 0) is 64.2 Å². The minimum atomic E-state index is -1.56. The molecule has 0 bridgehead atoms. The van der Waals surface area contributed by atoms with Gasteiger partial charge in [-0.25, -0.2) is 0 Å². The Morgan fingerprint density at radius 2 is 0.984 bits per heavy atom. The summed E-state index contributed by atoms with van der Waals surface area (Å²) in [6, 6.07) is -0.727. The Balaban J connectivity index is 2.24. The third-order valence-corrected chi connectivity index (χ3v) is 11.8. The first kappa shape index (κ1) is 58.6. The molecule has 0 aliphatic carbocycles. The summed E-state index contributed by atoms with van der Waals surface area (Å²) in [4.78, 5) is 13.0. The van der Waals surface area contributed by atoms with Crippen molar-refractivity contribution in [1.29, 1.82) is 0 Å². The van der Waals surface area contributed by atoms with Gasteiger partial charge in [0.2, 0.25) is 5.91 Å². The summed E-state index contributed by atoms with van der Waals surface area (Å²) < 4.78 is 11.3. The fourth-order valence-electron chi connectivity index (χ4n) is 7.75. The molecule has 1 aliphatic rings. The number of nitrogens with one attached hydrogen (secondary N) is 1. The number of rotatable bonds is 42. The molecule has 1 saturated heterocycles. The van der Waals surface area contributed by atoms with Crippen molar-refractivity contribution in [3.8, 4) is 0 Å². The molecule has 364 valence electrons. The molecule has 7 atom stereocenters. The van der Waals surface area contributed by atoms with Crippen molar-refractivity contribution < 1.29 is 39.8 Å². The molecular formula is C54H95NO8. The zero-order valence-electron chi connectivity index (χ0n) is 40.1. The predicted molar refractivity (Wildman–Crippen MR) is 262 cm³/mol. The van der Waals surface area contributed by atoms with E-state index < -0.39 is 49.5 Å². The van der Waals surface area contributed by atoms with Crippen LogP contribution in [-0.2, 0) is 14.3 Å². The first-order chi connectivity index (χ1) is 30.8. The molecule has 1 fully saturated rings. The average Bonchev–Trinajstić information content (AvgIpc) is 3.28. The number of unbranched alkanes of at least 4 members (excludes halogenated alkanes) is 20. The van der Waals surface area contributed by atoms with Gasteiger partial charge in [0.05, 0.1) is 25.4 Å². The van der Waals surface area contributed by atoms with Crippen LogP contribution in [0.25, 0.3) is 0 Å². The number of amides is 1. The number of carbonyl (C=O) groups is 1. The van der Waals surface area contributed by atoms with Crippen LogP contribution >= 0.6 is 0 Å². The number of allylic oxidation sites excluding steroid dienone is 12. The van der Waals surface area contributed by atoms with Crippen LogP contribution in [0.1, 0.15) is 206 Å². The highest BCUT2D eigenvalue weighted by atomic mass is 16.7. The van der Waals surface area contributed by atoms with Gasteiger partial charge in [0, 0.05) is 6.42 Å². The Hall–Kier alpha value is -2.37. The Morgan fingerprint density at radius 3 is 1.46 bits per heavy atom. The number of aliphatic hydroxyl groups excluding tert-OH is 5. The number of hydrogen-bond donors (Lipinski definition) is 6. The van der Waals surface area contributed by atoms with E-state index in [-0.39, 0.29) is 12.5 Å². The van der Waals surface area contributed by atoms with Crippen LogP contribution in [0.2, 0.25) is 0 Å². The molecule has 1 rings (SSSR count). The lowest BCUT2D eigenvalue weighted by molar-refractivity contribution is -0.302. The van der Waals surface area contributed by atoms with E-state index in [1.54, 1.807) is 0 Å². The molecule has 0 aromatic rings. The Labute approximate surface area is 385 Å². The van der Waals surface area contributed by atoms with Crippen LogP contribution in [0, 0.1) is 0 Å². The molecule has 1 heterocycles. The first-order valence-corrected chi connectivity index (χ1v) is 25.6. The molecule has 0 spiro atoms. The van der Waals surface area contributed by atoms with Gasteiger partial charge in [0.25, 0.3) is 0 Å². The summed E-state index contributed by atoms with van der Waals surface area (Å²) in [5.41, 5.74) is 0. The average molecular weight is 886 g/mol. The van der Waals surface area contributed by atoms with E-state index in [9.17, 15) is 30.3 Å². The second-order valence-electron chi connectivity index (χ2n) is 17.6. The Bertz CT molecular complexity index is 1210. The second-order valence-corrected chi connectivity index (χ2v) is 17.6. The third-order valence-electron chi connectivity index (χ3n) is 11.8. The molecule has 1 amide bonds. The number of carbonyl (C=O) groups excluding carboxylic acids is 1. The van der Waals surface area contributed by atoms with E-state index in [1.165, 1.54) is 89.9 Å². The van der Waals surface area contributed by atoms with E-state index in [4.69, 9.17) is 9.47 Å². The van der Waals surface area contributed by atoms with E-state index in [0.717, 1.165) is 89.9 Å². The molecule has 7 unspecified atom stereocenters. The van der Waals surface area contributed by atoms with Crippen LogP contribution in [0.5, 0.6) is 0 Å². The monoisotopic (exact) mass is 886 g/mol. The number of hydrogen-bond acceptors (Lipinski definition) is 8. The van der Waals surface area contributed by atoms with Crippen LogP contribution in [0.15, 0.2) is 72.9 Å². The summed E-state index contributed by atoms with van der Waals surface area (Å²) in [5, 5.41) is 54.4. The normalized spacial score (nSPS) is 20.8. The summed E-state index contributed by atoms with van der Waals surface area (Å²) in [6.45, 7) is 3.71. The largest absolute Gasteiger partial charge is 0.394 e. The Kier molecular flexibility index (Phi) is 40.5. The molecular weight excluding hydrogens is 791 g/mol. The van der Waals surface area contributed by atoms with Crippen LogP contribution in [0.3, 0.4) is 0 Å². The van der Waals surface area contributed by atoms with Gasteiger partial charge in [-0.2, -0.15) is 0 Å². The van der Waals surface area contributed by atoms with Crippen molar-refractivity contribution in [2.75, 3.05) is 13.2 Å². The molecule has 0 aromatic heterocycles. The van der Waals surface area contributed by atoms with Gasteiger partial charge in [-0.3, -0.25) is 4.79 Å². The van der Waals surface area contributed by atoms with Crippen molar-refractivity contribution in [3.05, 3.63) is 72.9 Å². The molecule has 0 aromatic carbocycles. The topological polar surface area (TPSA) is 149 Å². The summed E-state index contributed by atoms with van der Waals surface area (Å²) in [5.74, 6) is -0.156. The van der Waals surface area contributed by atoms with Gasteiger partial charge in [0.1, 0.15) is 24.4 Å². The quantitative estimate of drug-likeness (QED) is 0.0262. The third kappa shape index (κ3) is 33.7. The van der Waals surface area contributed by atoms with Crippen molar-refractivity contribution in [2.24, 2.45) is 0 Å². The van der Waals surface area contributed by atoms with E-state index in [1.807, 2.05) is 0 Å². The maximum Gasteiger partial charge on any atom is 0.220 e. The second kappa shape index (κ2) is 43.5. The van der Waals surface area contributed by atoms with Crippen LogP contribution in [0.4, 0.5) is 0 Å². The van der Waals surface area contributed by atoms with Gasteiger partial charge >= 0.3 is 0 Å². The van der Waals surface area contributed by atoms with Gasteiger partial charge in [-0.15, -0.1) is 0 Å². The molecule has 6 N–H and O–H groups in total. The fraction of sp³-hybridized carbons (Fsp3) is 0.759. The summed E-state index contributed by atoms with van der Waals surface area (Å²) >= 11 is 0. The van der Waals surface area contributed by atoms with Crippen molar-refractivity contribution >= 4 is 5.91 Å². The van der Waals surface area contributed by atoms with Crippen LogP contribution < -0.4 is 5.32 Å². The molecule has 9 heteroatoms. The van der Waals surface area contributed by atoms with Gasteiger partial charge in [0.15, 0.2) is 6.29 Å². The first-order valence-electron chi connectivity index (χ1n) is 25.6. The highest BCUT2D eigenvalue weighted by molar-refractivity contribution is 5.76. The number of aliphatic hydroxyl groups is 5. The maximum atomic E-state index is 13.0. The molecule has 9 nitrogen and oxygen atoms in total. The lowest BCUT2D eigenvalue weighted by Gasteiger charge is -2.40. The minimum Gasteiger partial charge on any atom is -0.394 e. The van der Waals surface area contributed by atoms with Crippen molar-refractivity contribution in [1.82, 2.24) is 5.32 Å². The fourth-order valence-corrected chi connectivity index (χ4v) is 7.75. The number of ether oxygens (including phenoxy) is 2. The zero-order chi connectivity index (χ0) is 45.9. The van der Waals surface area contributed by atoms with Crippen molar-refractivity contribution in [3.63, 3.8) is 0 Å². The van der Waals surface area contributed by atoms with E-state index in [2.05, 4.69) is 92.1 Å². The SMILES string of the molecule is CC/C=C\C/C=C\C/C=C\C/C=C\C/C=C\C/C=C\CCCCCCCCCCC(=O)NC(COC1OC(CO)C(O)C(O)C1O)C(O)CCCCCCCCCCCCCCC. The Morgan fingerprint density at radius 1 is 0.556 bits per heavy atom. The van der Waals surface area contributed by atoms with Gasteiger partial charge in [-0.1, -0.05) is 209 Å². The highest BCUT2D eigenvalue weighted by Gasteiger charge is 2.44. The smallest absolute Gasteiger partial charge is 0.220 e. The van der Waals surface area contributed by atoms with Crippen molar-refractivity contribution in [2.45, 2.75) is 249 Å². The zero-order valence-corrected chi connectivity index (χ0v) is 40.1. The maximum absolute atomic E-state index is 13.0. The molecule has 0 radical (unpaired) electrons. The lowest BCUT2D eigenvalue weighted by Crippen LogP contribution is -2.60. The molecule has 1 aliphatic heterocycles. The molecule has 0 saturated carbocycles. The minimum absolute atomic E-state index is 0.145. The van der Waals surface area contributed by atoms with E-state index >= 15 is 0 Å². The lowest BCUT2D eigenvalue weighted by atomic mass is 9.99. The van der Waals surface area contributed by atoms with Crippen LogP contribution in [-0.4, -0.2) is 87.5 Å². The summed E-state index contributed by atoms with van der Waals surface area (Å²) in [6.07, 6.45) is 51.9. The molecule has 63 heavy (non-hydrogen) atoms. The highest BCUT2D eigenvalue weighted by Crippen LogP contribution is 2.23. The summed E-state index contributed by atoms with van der Waals surface area (Å²) in [7, 11) is 0. The van der Waals surface area contributed by atoms with Gasteiger partial charge < -0.3 is 40.3 Å².